The number of allylic oxidation sites excluding steroid dienone is 1. The Morgan fingerprint density at radius 2 is 1.97 bits per heavy atom. The van der Waals surface area contributed by atoms with Gasteiger partial charge in [0.2, 0.25) is 0 Å². The van der Waals surface area contributed by atoms with Crippen LogP contribution in [0.3, 0.4) is 0 Å². The lowest BCUT2D eigenvalue weighted by Crippen LogP contribution is -2.48. The number of fused-ring (bicyclic) bond motifs is 1. The molecule has 3 N–H and O–H groups in total. The molecule has 2 aliphatic heterocycles. The first-order valence-electron chi connectivity index (χ1n) is 11.0. The number of H-pyrrole nitrogens is 1. The summed E-state index contributed by atoms with van der Waals surface area (Å²) in [4.78, 5) is 16.9. The van der Waals surface area contributed by atoms with E-state index in [1.54, 1.807) is 11.3 Å². The minimum Gasteiger partial charge on any atom is -0.346 e. The number of hydrazine groups is 1. The van der Waals surface area contributed by atoms with Crippen molar-refractivity contribution < 1.29 is 0 Å². The Labute approximate surface area is 178 Å². The lowest BCUT2D eigenvalue weighted by molar-refractivity contribution is 0.108. The maximum Gasteiger partial charge on any atom is 0.141 e. The molecule has 1 saturated heterocycles. The van der Waals surface area contributed by atoms with Crippen LogP contribution in [0.5, 0.6) is 0 Å². The molecule has 0 aromatic carbocycles. The van der Waals surface area contributed by atoms with Gasteiger partial charge in [0.15, 0.2) is 0 Å². The predicted molar refractivity (Wildman–Crippen MR) is 120 cm³/mol. The summed E-state index contributed by atoms with van der Waals surface area (Å²) in [5.74, 6) is 8.18. The largest absolute Gasteiger partial charge is 0.346 e. The summed E-state index contributed by atoms with van der Waals surface area (Å²) in [5, 5.41) is 10.3. The van der Waals surface area contributed by atoms with E-state index in [0.29, 0.717) is 12.3 Å². The second-order valence-corrected chi connectivity index (χ2v) is 8.55. The van der Waals surface area contributed by atoms with Gasteiger partial charge in [-0.3, -0.25) is 14.9 Å². The van der Waals surface area contributed by atoms with Crippen molar-refractivity contribution in [2.45, 2.75) is 32.1 Å². The van der Waals surface area contributed by atoms with Crippen LogP contribution >= 0.6 is 0 Å². The van der Waals surface area contributed by atoms with Crippen molar-refractivity contribution in [3.63, 3.8) is 0 Å². The molecular weight excluding hydrogens is 376 g/mol. The number of piperazine rings is 1. The van der Waals surface area contributed by atoms with Crippen molar-refractivity contribution in [2.75, 3.05) is 39.3 Å². The van der Waals surface area contributed by atoms with E-state index in [-0.39, 0.29) is 0 Å². The molecule has 30 heavy (non-hydrogen) atoms. The van der Waals surface area contributed by atoms with Crippen LogP contribution in [-0.4, -0.2) is 72.1 Å². The standard InChI is InChI=1S/C22H32N8/c1-25-20(21-19-7-9-26-22(19)27-16-30(21)24)18-5-3-17(4-6-18)15-29-13-11-28(12-14-29)10-2-8-23/h7,9,16-18,26H,1-6,10-15,24H2/b21-20-. The number of aliphatic imine (C=N–C) groups is 2. The van der Waals surface area contributed by atoms with Gasteiger partial charge in [0, 0.05) is 63.4 Å². The Morgan fingerprint density at radius 1 is 1.23 bits per heavy atom. The van der Waals surface area contributed by atoms with Gasteiger partial charge in [-0.2, -0.15) is 5.26 Å². The van der Waals surface area contributed by atoms with E-state index >= 15 is 0 Å². The maximum absolute atomic E-state index is 8.76. The zero-order valence-corrected chi connectivity index (χ0v) is 17.6. The van der Waals surface area contributed by atoms with Crippen LogP contribution in [0.1, 0.15) is 37.7 Å². The van der Waals surface area contributed by atoms with Crippen molar-refractivity contribution in [3.8, 4) is 6.07 Å². The fourth-order valence-corrected chi connectivity index (χ4v) is 5.03. The van der Waals surface area contributed by atoms with Crippen LogP contribution in [0.15, 0.2) is 27.9 Å². The van der Waals surface area contributed by atoms with Gasteiger partial charge >= 0.3 is 0 Å². The molecule has 2 fully saturated rings. The summed E-state index contributed by atoms with van der Waals surface area (Å²) in [7, 11) is 0. The predicted octanol–water partition coefficient (Wildman–Crippen LogP) is 2.57. The zero-order chi connectivity index (χ0) is 20.9. The number of aromatic nitrogens is 1. The van der Waals surface area contributed by atoms with E-state index in [2.05, 4.69) is 37.6 Å². The Bertz CT molecular complexity index is 832. The number of hydrogen-bond acceptors (Lipinski definition) is 7. The summed E-state index contributed by atoms with van der Waals surface area (Å²) in [6.45, 7) is 10.4. The maximum atomic E-state index is 8.76. The molecule has 0 unspecified atom stereocenters. The first kappa shape index (κ1) is 20.8. The highest BCUT2D eigenvalue weighted by Gasteiger charge is 2.30. The highest BCUT2D eigenvalue weighted by Crippen LogP contribution is 2.40. The molecule has 3 heterocycles. The highest BCUT2D eigenvalue weighted by atomic mass is 15.4. The quantitative estimate of drug-likeness (QED) is 0.557. The van der Waals surface area contributed by atoms with Crippen LogP contribution < -0.4 is 5.84 Å². The van der Waals surface area contributed by atoms with E-state index in [4.69, 9.17) is 11.1 Å². The number of aromatic amines is 1. The SMILES string of the molecule is C=N/C(=C1/c2cc[nH]c2N=CN1N)C1CCC(CN2CCN(CCC#N)CC2)CC1. The van der Waals surface area contributed by atoms with Gasteiger partial charge in [-0.15, -0.1) is 0 Å². The number of nitrogens with one attached hydrogen (secondary N) is 1. The first-order chi connectivity index (χ1) is 14.7. The summed E-state index contributed by atoms with van der Waals surface area (Å²) in [6.07, 6.45) is 8.83. The zero-order valence-electron chi connectivity index (χ0n) is 17.6. The molecule has 0 radical (unpaired) electrons. The summed E-state index contributed by atoms with van der Waals surface area (Å²) < 4.78 is 0. The molecule has 0 atom stereocenters. The van der Waals surface area contributed by atoms with E-state index in [1.807, 2.05) is 12.3 Å². The average Bonchev–Trinajstić information content (AvgIpc) is 3.25. The molecule has 8 nitrogen and oxygen atoms in total. The molecule has 4 rings (SSSR count). The molecule has 0 bridgehead atoms. The molecule has 1 aromatic rings. The van der Waals surface area contributed by atoms with Gasteiger partial charge in [0.05, 0.1) is 17.5 Å². The molecule has 1 aromatic heterocycles. The topological polar surface area (TPSA) is 100 Å². The van der Waals surface area contributed by atoms with E-state index in [1.165, 1.54) is 19.4 Å². The third-order valence-electron chi connectivity index (χ3n) is 6.72. The van der Waals surface area contributed by atoms with E-state index in [0.717, 1.165) is 74.3 Å². The molecule has 1 saturated carbocycles. The summed E-state index contributed by atoms with van der Waals surface area (Å²) >= 11 is 0. The van der Waals surface area contributed by atoms with Gasteiger partial charge in [-0.05, 0) is 44.4 Å². The van der Waals surface area contributed by atoms with Crippen molar-refractivity contribution >= 4 is 24.6 Å². The fraction of sp³-hybridized carbons (Fsp3) is 0.591. The van der Waals surface area contributed by atoms with E-state index in [9.17, 15) is 0 Å². The fourth-order valence-electron chi connectivity index (χ4n) is 5.03. The number of rotatable bonds is 6. The van der Waals surface area contributed by atoms with Crippen LogP contribution in [0, 0.1) is 23.2 Å². The van der Waals surface area contributed by atoms with Gasteiger partial charge in [-0.1, -0.05) is 0 Å². The second kappa shape index (κ2) is 9.56. The minimum atomic E-state index is 0.386. The number of nitrogens with two attached hydrogens (primary N) is 1. The number of hydrogen-bond donors (Lipinski definition) is 2. The average molecular weight is 409 g/mol. The van der Waals surface area contributed by atoms with E-state index < -0.39 is 0 Å². The molecular formula is C22H32N8. The number of nitrogens with zero attached hydrogens (tertiary/aromatic N) is 6. The third kappa shape index (κ3) is 4.48. The molecule has 0 amide bonds. The summed E-state index contributed by atoms with van der Waals surface area (Å²) in [5.41, 5.74) is 2.92. The lowest BCUT2D eigenvalue weighted by Gasteiger charge is -2.38. The van der Waals surface area contributed by atoms with Crippen molar-refractivity contribution in [2.24, 2.45) is 27.7 Å². The Hall–Kier alpha value is -2.47. The molecule has 3 aliphatic rings. The van der Waals surface area contributed by atoms with Gasteiger partial charge in [-0.25, -0.2) is 10.8 Å². The Balaban J connectivity index is 1.33. The minimum absolute atomic E-state index is 0.386. The van der Waals surface area contributed by atoms with Crippen LogP contribution in [0.2, 0.25) is 0 Å². The summed E-state index contributed by atoms with van der Waals surface area (Å²) in [6, 6.07) is 4.26. The van der Waals surface area contributed by atoms with Crippen LogP contribution in [0.25, 0.3) is 5.70 Å². The lowest BCUT2D eigenvalue weighted by atomic mass is 9.79. The van der Waals surface area contributed by atoms with Gasteiger partial charge in [0.25, 0.3) is 0 Å². The molecule has 0 spiro atoms. The molecule has 1 aliphatic carbocycles. The molecule has 8 heteroatoms. The van der Waals surface area contributed by atoms with Crippen LogP contribution in [0.4, 0.5) is 5.82 Å². The van der Waals surface area contributed by atoms with Crippen molar-refractivity contribution in [1.29, 1.82) is 5.26 Å². The monoisotopic (exact) mass is 408 g/mol. The Morgan fingerprint density at radius 3 is 2.67 bits per heavy atom. The van der Waals surface area contributed by atoms with Crippen molar-refractivity contribution in [3.05, 3.63) is 23.5 Å². The van der Waals surface area contributed by atoms with Crippen LogP contribution in [-0.2, 0) is 0 Å². The Kier molecular flexibility index (Phi) is 6.62. The second-order valence-electron chi connectivity index (χ2n) is 8.55. The molecule has 160 valence electrons. The highest BCUT2D eigenvalue weighted by molar-refractivity contribution is 5.87. The number of nitriles is 1. The smallest absolute Gasteiger partial charge is 0.141 e. The normalized spacial score (nSPS) is 26.9. The van der Waals surface area contributed by atoms with Gasteiger partial charge < -0.3 is 9.88 Å². The van der Waals surface area contributed by atoms with Gasteiger partial charge in [0.1, 0.15) is 12.2 Å². The third-order valence-corrected chi connectivity index (χ3v) is 6.72. The van der Waals surface area contributed by atoms with Crippen molar-refractivity contribution in [1.82, 2.24) is 19.8 Å². The first-order valence-corrected chi connectivity index (χ1v) is 11.0.